The molecule has 0 atom stereocenters. The second-order valence-corrected chi connectivity index (χ2v) is 8.85. The van der Waals surface area contributed by atoms with E-state index in [0.29, 0.717) is 30.0 Å². The fourth-order valence-corrected chi connectivity index (χ4v) is 5.31. The summed E-state index contributed by atoms with van der Waals surface area (Å²) in [5.41, 5.74) is 3.65. The zero-order valence-corrected chi connectivity index (χ0v) is 15.3. The summed E-state index contributed by atoms with van der Waals surface area (Å²) in [7, 11) is -3.27. The fraction of sp³-hybridized carbons (Fsp3) is 0.444. The number of H-pyrrole nitrogens is 1. The number of aromatic amines is 1. The number of nitrogens with zero attached hydrogens (tertiary/aromatic N) is 2. The zero-order chi connectivity index (χ0) is 18.1. The molecule has 2 aromatic rings. The molecule has 2 heterocycles. The van der Waals surface area contributed by atoms with Crippen LogP contribution in [0.4, 0.5) is 11.4 Å². The number of aryl methyl sites for hydroxylation is 1. The highest BCUT2D eigenvalue weighted by Crippen LogP contribution is 2.27. The molecule has 1 aromatic carbocycles. The van der Waals surface area contributed by atoms with Gasteiger partial charge in [-0.2, -0.15) is 5.10 Å². The predicted octanol–water partition coefficient (Wildman–Crippen LogP) is 2.47. The number of benzene rings is 1. The smallest absolute Gasteiger partial charge is 0.276 e. The Morgan fingerprint density at radius 3 is 2.85 bits per heavy atom. The van der Waals surface area contributed by atoms with Gasteiger partial charge in [0.15, 0.2) is 5.69 Å². The lowest BCUT2D eigenvalue weighted by molar-refractivity contribution is 0.102. The van der Waals surface area contributed by atoms with Crippen LogP contribution >= 0.6 is 0 Å². The van der Waals surface area contributed by atoms with Crippen LogP contribution in [0.2, 0.25) is 0 Å². The highest BCUT2D eigenvalue weighted by molar-refractivity contribution is 7.92. The molecule has 8 heteroatoms. The van der Waals surface area contributed by atoms with Crippen LogP contribution in [0.25, 0.3) is 0 Å². The van der Waals surface area contributed by atoms with Crippen molar-refractivity contribution in [3.8, 4) is 0 Å². The average molecular weight is 374 g/mol. The molecule has 1 saturated heterocycles. The van der Waals surface area contributed by atoms with Crippen LogP contribution in [-0.2, 0) is 22.9 Å². The van der Waals surface area contributed by atoms with Gasteiger partial charge in [0.25, 0.3) is 5.91 Å². The van der Waals surface area contributed by atoms with E-state index in [1.54, 1.807) is 24.3 Å². The van der Waals surface area contributed by atoms with Crippen molar-refractivity contribution in [2.75, 3.05) is 21.9 Å². The highest BCUT2D eigenvalue weighted by Gasteiger charge is 2.26. The number of sulfonamides is 1. The van der Waals surface area contributed by atoms with Crippen LogP contribution in [0.1, 0.15) is 47.4 Å². The standard InChI is InChI=1S/C18H22N4O3S/c23-18(17-15-8-1-2-9-16(15)20-21-17)19-13-6-5-7-14(12-13)22-10-3-4-11-26(22,24)25/h5-7,12H,1-4,8-11H2,(H,19,23)(H,20,21). The number of amides is 1. The Kier molecular flexibility index (Phi) is 4.44. The molecule has 2 N–H and O–H groups in total. The third-order valence-electron chi connectivity index (χ3n) is 5.01. The molecule has 1 fully saturated rings. The maximum absolute atomic E-state index is 12.6. The van der Waals surface area contributed by atoms with Gasteiger partial charge in [-0.1, -0.05) is 6.07 Å². The van der Waals surface area contributed by atoms with Crippen molar-refractivity contribution >= 4 is 27.3 Å². The lowest BCUT2D eigenvalue weighted by Gasteiger charge is -2.28. The molecule has 138 valence electrons. The first-order valence-electron chi connectivity index (χ1n) is 9.02. The van der Waals surface area contributed by atoms with Gasteiger partial charge in [-0.05, 0) is 56.7 Å². The Morgan fingerprint density at radius 2 is 2.00 bits per heavy atom. The van der Waals surface area contributed by atoms with E-state index in [-0.39, 0.29) is 11.7 Å². The van der Waals surface area contributed by atoms with E-state index < -0.39 is 10.0 Å². The molecule has 7 nitrogen and oxygen atoms in total. The van der Waals surface area contributed by atoms with Crippen molar-refractivity contribution in [1.82, 2.24) is 10.2 Å². The molecule has 2 aliphatic rings. The van der Waals surface area contributed by atoms with Crippen LogP contribution in [0.5, 0.6) is 0 Å². The van der Waals surface area contributed by atoms with E-state index in [0.717, 1.165) is 43.4 Å². The number of nitrogens with one attached hydrogen (secondary N) is 2. The lowest BCUT2D eigenvalue weighted by Crippen LogP contribution is -2.37. The number of hydrogen-bond donors (Lipinski definition) is 2. The molecule has 26 heavy (non-hydrogen) atoms. The minimum Gasteiger partial charge on any atom is -0.321 e. The molecule has 1 aliphatic heterocycles. The summed E-state index contributed by atoms with van der Waals surface area (Å²) in [4.78, 5) is 12.6. The largest absolute Gasteiger partial charge is 0.321 e. The van der Waals surface area contributed by atoms with Crippen molar-refractivity contribution in [3.05, 3.63) is 41.2 Å². The van der Waals surface area contributed by atoms with Crippen molar-refractivity contribution in [2.45, 2.75) is 38.5 Å². The van der Waals surface area contributed by atoms with Crippen LogP contribution < -0.4 is 9.62 Å². The van der Waals surface area contributed by atoms with Gasteiger partial charge >= 0.3 is 0 Å². The first-order valence-corrected chi connectivity index (χ1v) is 10.6. The Morgan fingerprint density at radius 1 is 1.15 bits per heavy atom. The van der Waals surface area contributed by atoms with Gasteiger partial charge in [0.1, 0.15) is 0 Å². The number of fused-ring (bicyclic) bond motifs is 1. The molecule has 1 amide bonds. The average Bonchev–Trinajstić information content (AvgIpc) is 3.06. The Hall–Kier alpha value is -2.35. The summed E-state index contributed by atoms with van der Waals surface area (Å²) in [6, 6.07) is 6.99. The number of carbonyl (C=O) groups is 1. The van der Waals surface area contributed by atoms with Crippen molar-refractivity contribution < 1.29 is 13.2 Å². The van der Waals surface area contributed by atoms with Crippen molar-refractivity contribution in [3.63, 3.8) is 0 Å². The first-order chi connectivity index (χ1) is 12.5. The Labute approximate surface area is 152 Å². The predicted molar refractivity (Wildman–Crippen MR) is 100.0 cm³/mol. The molecular formula is C18H22N4O3S. The second kappa shape index (κ2) is 6.75. The zero-order valence-electron chi connectivity index (χ0n) is 14.5. The van der Waals surface area contributed by atoms with Gasteiger partial charge in [0, 0.05) is 23.5 Å². The van der Waals surface area contributed by atoms with Crippen LogP contribution in [0, 0.1) is 0 Å². The van der Waals surface area contributed by atoms with Crippen LogP contribution in [0.15, 0.2) is 24.3 Å². The summed E-state index contributed by atoms with van der Waals surface area (Å²) in [6.45, 7) is 0.479. The summed E-state index contributed by atoms with van der Waals surface area (Å²) in [5.74, 6) is -0.0914. The Balaban J connectivity index is 1.56. The minimum absolute atomic E-state index is 0.170. The quantitative estimate of drug-likeness (QED) is 0.863. The fourth-order valence-electron chi connectivity index (χ4n) is 3.68. The molecule has 0 radical (unpaired) electrons. The molecule has 0 spiro atoms. The number of aromatic nitrogens is 2. The normalized spacial score (nSPS) is 19.0. The molecule has 4 rings (SSSR count). The molecule has 0 unspecified atom stereocenters. The Bertz CT molecular complexity index is 936. The number of carbonyl (C=O) groups excluding carboxylic acids is 1. The third-order valence-corrected chi connectivity index (χ3v) is 6.88. The van der Waals surface area contributed by atoms with Gasteiger partial charge in [0.2, 0.25) is 10.0 Å². The van der Waals surface area contributed by atoms with Crippen molar-refractivity contribution in [1.29, 1.82) is 0 Å². The summed E-state index contributed by atoms with van der Waals surface area (Å²) in [6.07, 6.45) is 5.51. The molecule has 1 aromatic heterocycles. The first kappa shape index (κ1) is 17.1. The number of rotatable bonds is 3. The lowest BCUT2D eigenvalue weighted by atomic mass is 9.96. The summed E-state index contributed by atoms with van der Waals surface area (Å²) >= 11 is 0. The second-order valence-electron chi connectivity index (χ2n) is 6.84. The van der Waals surface area contributed by atoms with Crippen molar-refractivity contribution in [2.24, 2.45) is 0 Å². The molecular weight excluding hydrogens is 352 g/mol. The molecule has 0 saturated carbocycles. The third kappa shape index (κ3) is 3.21. The minimum atomic E-state index is -3.27. The van der Waals surface area contributed by atoms with E-state index in [1.165, 1.54) is 4.31 Å². The maximum atomic E-state index is 12.6. The van der Waals surface area contributed by atoms with Gasteiger partial charge in [-0.25, -0.2) is 8.42 Å². The topological polar surface area (TPSA) is 95.2 Å². The summed E-state index contributed by atoms with van der Waals surface area (Å²) in [5, 5.41) is 10.0. The molecule has 1 aliphatic carbocycles. The molecule has 0 bridgehead atoms. The summed E-state index contributed by atoms with van der Waals surface area (Å²) < 4.78 is 26.0. The highest BCUT2D eigenvalue weighted by atomic mass is 32.2. The SMILES string of the molecule is O=C(Nc1cccc(N2CCCCS2(=O)=O)c1)c1n[nH]c2c1CCCC2. The van der Waals surface area contributed by atoms with Crippen LogP contribution in [0.3, 0.4) is 0 Å². The van der Waals surface area contributed by atoms with Gasteiger partial charge in [0.05, 0.1) is 11.4 Å². The van der Waals surface area contributed by atoms with Crippen LogP contribution in [-0.4, -0.2) is 36.8 Å². The van der Waals surface area contributed by atoms with E-state index in [1.807, 2.05) is 0 Å². The van der Waals surface area contributed by atoms with Gasteiger partial charge in [-0.3, -0.25) is 14.2 Å². The van der Waals surface area contributed by atoms with Gasteiger partial charge in [-0.15, -0.1) is 0 Å². The van der Waals surface area contributed by atoms with E-state index in [9.17, 15) is 13.2 Å². The monoisotopic (exact) mass is 374 g/mol. The number of anilines is 2. The maximum Gasteiger partial charge on any atom is 0.276 e. The van der Waals surface area contributed by atoms with E-state index in [4.69, 9.17) is 0 Å². The number of hydrogen-bond acceptors (Lipinski definition) is 4. The van der Waals surface area contributed by atoms with E-state index in [2.05, 4.69) is 15.5 Å². The van der Waals surface area contributed by atoms with Gasteiger partial charge < -0.3 is 5.32 Å². The van der Waals surface area contributed by atoms with E-state index >= 15 is 0 Å².